The highest BCUT2D eigenvalue weighted by atomic mass is 32.2. The first-order valence-corrected chi connectivity index (χ1v) is 10.7. The van der Waals surface area contributed by atoms with E-state index in [4.69, 9.17) is 0 Å². The van der Waals surface area contributed by atoms with Crippen LogP contribution in [0.1, 0.15) is 21.8 Å². The molecule has 1 saturated heterocycles. The van der Waals surface area contributed by atoms with E-state index in [1.54, 1.807) is 48.5 Å². The molecule has 3 aromatic rings. The van der Waals surface area contributed by atoms with E-state index >= 15 is 0 Å². The molecule has 0 unspecified atom stereocenters. The number of hydrogen-bond donors (Lipinski definition) is 0. The summed E-state index contributed by atoms with van der Waals surface area (Å²) in [6.45, 7) is -0.0662. The summed E-state index contributed by atoms with van der Waals surface area (Å²) in [6.07, 6.45) is 0. The lowest BCUT2D eigenvalue weighted by Crippen LogP contribution is -2.35. The van der Waals surface area contributed by atoms with E-state index in [9.17, 15) is 18.0 Å². The molecule has 146 valence electrons. The molecule has 0 N–H and O–H groups in total. The minimum Gasteiger partial charge on any atom is -0.293 e. The molecule has 1 amide bonds. The molecule has 5 nitrogen and oxygen atoms in total. The van der Waals surface area contributed by atoms with Crippen LogP contribution in [0.15, 0.2) is 95.9 Å². The van der Waals surface area contributed by atoms with Gasteiger partial charge in [-0.3, -0.25) is 9.59 Å². The fraction of sp³-hybridized carbons (Fsp3) is 0.130. The van der Waals surface area contributed by atoms with Crippen LogP contribution in [-0.4, -0.2) is 31.0 Å². The fourth-order valence-electron chi connectivity index (χ4n) is 3.71. The average molecular weight is 405 g/mol. The fourth-order valence-corrected chi connectivity index (χ4v) is 5.18. The van der Waals surface area contributed by atoms with Gasteiger partial charge in [-0.25, -0.2) is 12.7 Å². The van der Waals surface area contributed by atoms with Crippen LogP contribution in [0.3, 0.4) is 0 Å². The van der Waals surface area contributed by atoms with Gasteiger partial charge in [-0.1, -0.05) is 78.9 Å². The third-order valence-electron chi connectivity index (χ3n) is 5.18. The monoisotopic (exact) mass is 405 g/mol. The van der Waals surface area contributed by atoms with Gasteiger partial charge in [0.15, 0.2) is 5.78 Å². The van der Waals surface area contributed by atoms with Gasteiger partial charge in [-0.15, -0.1) is 0 Å². The summed E-state index contributed by atoms with van der Waals surface area (Å²) >= 11 is 0. The van der Waals surface area contributed by atoms with Crippen LogP contribution in [0.25, 0.3) is 0 Å². The maximum atomic E-state index is 13.2. The molecule has 1 aliphatic heterocycles. The molecular weight excluding hydrogens is 386 g/mol. The van der Waals surface area contributed by atoms with E-state index in [0.717, 1.165) is 9.87 Å². The Balaban J connectivity index is 1.78. The standard InChI is InChI=1S/C23H19NO4S/c25-22(18-12-6-2-7-13-18)21-20(17-10-4-1-5-11-17)16-24(23(21)26)29(27,28)19-14-8-3-9-15-19/h1-15,20-21H,16H2/t20-,21+/m1/s1. The highest BCUT2D eigenvalue weighted by Gasteiger charge is 2.50. The summed E-state index contributed by atoms with van der Waals surface area (Å²) < 4.78 is 27.1. The number of sulfonamides is 1. The van der Waals surface area contributed by atoms with E-state index in [-0.39, 0.29) is 17.2 Å². The maximum absolute atomic E-state index is 13.2. The molecule has 0 spiro atoms. The zero-order valence-corrected chi connectivity index (χ0v) is 16.3. The predicted octanol–water partition coefficient (Wildman–Crippen LogP) is 3.50. The van der Waals surface area contributed by atoms with Crippen LogP contribution >= 0.6 is 0 Å². The molecule has 1 aliphatic rings. The van der Waals surface area contributed by atoms with Crippen LogP contribution in [0.4, 0.5) is 0 Å². The number of Topliss-reactive ketones (excluding diaryl/α,β-unsaturated/α-hetero) is 1. The van der Waals surface area contributed by atoms with Crippen molar-refractivity contribution in [1.82, 2.24) is 4.31 Å². The summed E-state index contributed by atoms with van der Waals surface area (Å²) in [6, 6.07) is 25.5. The van der Waals surface area contributed by atoms with Gasteiger partial charge in [-0.2, -0.15) is 0 Å². The lowest BCUT2D eigenvalue weighted by atomic mass is 9.83. The molecule has 0 radical (unpaired) electrons. The van der Waals surface area contributed by atoms with Crippen molar-refractivity contribution in [2.75, 3.05) is 6.54 Å². The van der Waals surface area contributed by atoms with Gasteiger partial charge in [0, 0.05) is 18.0 Å². The van der Waals surface area contributed by atoms with Crippen LogP contribution in [0, 0.1) is 5.92 Å². The highest BCUT2D eigenvalue weighted by Crippen LogP contribution is 2.38. The third kappa shape index (κ3) is 3.47. The zero-order valence-electron chi connectivity index (χ0n) is 15.5. The SMILES string of the molecule is O=C(c1ccccc1)[C@H]1C(=O)N(S(=O)(=O)c2ccccc2)C[C@@H]1c1ccccc1. The molecule has 1 fully saturated rings. The highest BCUT2D eigenvalue weighted by molar-refractivity contribution is 7.89. The van der Waals surface area contributed by atoms with E-state index in [1.165, 1.54) is 12.1 Å². The van der Waals surface area contributed by atoms with Crippen LogP contribution in [-0.2, 0) is 14.8 Å². The number of amides is 1. The molecule has 0 saturated carbocycles. The Hall–Kier alpha value is -3.25. The van der Waals surface area contributed by atoms with Crippen molar-refractivity contribution in [3.8, 4) is 0 Å². The molecule has 29 heavy (non-hydrogen) atoms. The van der Waals surface area contributed by atoms with Crippen molar-refractivity contribution in [1.29, 1.82) is 0 Å². The second-order valence-corrected chi connectivity index (χ2v) is 8.77. The molecule has 0 bridgehead atoms. The quantitative estimate of drug-likeness (QED) is 0.481. The summed E-state index contributed by atoms with van der Waals surface area (Å²) in [4.78, 5) is 26.5. The number of carbonyl (C=O) groups excluding carboxylic acids is 2. The van der Waals surface area contributed by atoms with Gasteiger partial charge in [0.05, 0.1) is 4.90 Å². The number of rotatable bonds is 5. The molecule has 3 aromatic carbocycles. The Kier molecular flexibility index (Phi) is 5.03. The average Bonchev–Trinajstić information content (AvgIpc) is 3.13. The summed E-state index contributed by atoms with van der Waals surface area (Å²) in [7, 11) is -4.05. The molecule has 0 aromatic heterocycles. The third-order valence-corrected chi connectivity index (χ3v) is 6.95. The first-order chi connectivity index (χ1) is 14.0. The zero-order chi connectivity index (χ0) is 20.4. The number of nitrogens with zero attached hydrogens (tertiary/aromatic N) is 1. The van der Waals surface area contributed by atoms with Gasteiger partial charge >= 0.3 is 0 Å². The first kappa shape index (κ1) is 19.1. The maximum Gasteiger partial charge on any atom is 0.266 e. The molecule has 4 rings (SSSR count). The molecule has 2 atom stereocenters. The van der Waals surface area contributed by atoms with Gasteiger partial charge in [0.2, 0.25) is 5.91 Å². The Bertz CT molecular complexity index is 1130. The van der Waals surface area contributed by atoms with E-state index in [0.29, 0.717) is 5.56 Å². The second-order valence-electron chi connectivity index (χ2n) is 6.91. The number of hydrogen-bond acceptors (Lipinski definition) is 4. The Morgan fingerprint density at radius 2 is 1.31 bits per heavy atom. The summed E-state index contributed by atoms with van der Waals surface area (Å²) in [5.41, 5.74) is 1.16. The van der Waals surface area contributed by atoms with Crippen molar-refractivity contribution in [2.45, 2.75) is 10.8 Å². The van der Waals surface area contributed by atoms with Gasteiger partial charge < -0.3 is 0 Å². The minimum atomic E-state index is -4.05. The first-order valence-electron chi connectivity index (χ1n) is 9.26. The minimum absolute atomic E-state index is 0.0352. The van der Waals surface area contributed by atoms with Crippen molar-refractivity contribution < 1.29 is 18.0 Å². The van der Waals surface area contributed by atoms with Gasteiger partial charge in [0.1, 0.15) is 5.92 Å². The second kappa shape index (κ2) is 7.64. The van der Waals surface area contributed by atoms with E-state index in [2.05, 4.69) is 0 Å². The largest absolute Gasteiger partial charge is 0.293 e. The number of ketones is 1. The van der Waals surface area contributed by atoms with Gasteiger partial charge in [-0.05, 0) is 17.7 Å². The normalized spacial score (nSPS) is 19.3. The predicted molar refractivity (Wildman–Crippen MR) is 109 cm³/mol. The summed E-state index contributed by atoms with van der Waals surface area (Å²) in [5.74, 6) is -2.68. The Labute approximate surface area is 169 Å². The van der Waals surface area contributed by atoms with Crippen LogP contribution in [0.2, 0.25) is 0 Å². The topological polar surface area (TPSA) is 71.5 Å². The Morgan fingerprint density at radius 1 is 0.793 bits per heavy atom. The van der Waals surface area contributed by atoms with Crippen molar-refractivity contribution in [3.05, 3.63) is 102 Å². The Morgan fingerprint density at radius 3 is 1.90 bits per heavy atom. The molecule has 1 heterocycles. The lowest BCUT2D eigenvalue weighted by molar-refractivity contribution is -0.125. The van der Waals surface area contributed by atoms with Gasteiger partial charge in [0.25, 0.3) is 10.0 Å². The summed E-state index contributed by atoms with van der Waals surface area (Å²) in [5, 5.41) is 0. The van der Waals surface area contributed by atoms with Crippen molar-refractivity contribution >= 4 is 21.7 Å². The molecule has 6 heteroatoms. The number of benzene rings is 3. The van der Waals surface area contributed by atoms with E-state index < -0.39 is 27.8 Å². The lowest BCUT2D eigenvalue weighted by Gasteiger charge is -2.17. The van der Waals surface area contributed by atoms with E-state index in [1.807, 2.05) is 30.3 Å². The number of carbonyl (C=O) groups is 2. The van der Waals surface area contributed by atoms with Crippen LogP contribution in [0.5, 0.6) is 0 Å². The van der Waals surface area contributed by atoms with Crippen LogP contribution < -0.4 is 0 Å². The van der Waals surface area contributed by atoms with Crippen molar-refractivity contribution in [3.63, 3.8) is 0 Å². The van der Waals surface area contributed by atoms with Crippen molar-refractivity contribution in [2.24, 2.45) is 5.92 Å². The molecule has 0 aliphatic carbocycles. The smallest absolute Gasteiger partial charge is 0.266 e. The molecular formula is C23H19NO4S.